The minimum atomic E-state index is -0.200. The van der Waals surface area contributed by atoms with Crippen LogP contribution in [0.5, 0.6) is 0 Å². The molecule has 3 aromatic rings. The number of hydrogen-bond acceptors (Lipinski definition) is 5. The van der Waals surface area contributed by atoms with Crippen LogP contribution in [0, 0.1) is 5.92 Å². The van der Waals surface area contributed by atoms with Crippen LogP contribution in [0.3, 0.4) is 0 Å². The molecule has 0 saturated carbocycles. The highest BCUT2D eigenvalue weighted by Gasteiger charge is 2.28. The number of carbonyl (C=O) groups excluding carboxylic acids is 2. The van der Waals surface area contributed by atoms with Gasteiger partial charge in [-0.25, -0.2) is 4.98 Å². The molecule has 8 heteroatoms. The molecule has 3 heterocycles. The van der Waals surface area contributed by atoms with E-state index < -0.39 is 0 Å². The number of hydrogen-bond donors (Lipinski definition) is 1. The van der Waals surface area contributed by atoms with Crippen molar-refractivity contribution in [3.63, 3.8) is 0 Å². The number of anilines is 1. The first-order chi connectivity index (χ1) is 13.7. The lowest BCUT2D eigenvalue weighted by molar-refractivity contribution is -0.135. The van der Waals surface area contributed by atoms with Gasteiger partial charge < -0.3 is 10.2 Å². The van der Waals surface area contributed by atoms with E-state index in [4.69, 9.17) is 0 Å². The Bertz CT molecular complexity index is 922. The zero-order chi connectivity index (χ0) is 19.3. The van der Waals surface area contributed by atoms with E-state index in [2.05, 4.69) is 15.4 Å². The Kier molecular flexibility index (Phi) is 5.48. The van der Waals surface area contributed by atoms with Gasteiger partial charge >= 0.3 is 0 Å². The van der Waals surface area contributed by atoms with Crippen LogP contribution in [0.15, 0.2) is 53.6 Å². The standard InChI is InChI=1S/C20H21N5O2S/c26-19(12-25-10-2-8-22-25)24-9-1-3-16(11-24)20(27)23-17-6-4-15(5-7-17)18-13-28-14-21-18/h2,4-8,10,13-14,16H,1,3,9,11-12H2,(H,23,27). The van der Waals surface area contributed by atoms with Crippen molar-refractivity contribution in [2.45, 2.75) is 19.4 Å². The van der Waals surface area contributed by atoms with Crippen molar-refractivity contribution >= 4 is 28.8 Å². The fourth-order valence-corrected chi connectivity index (χ4v) is 3.94. The number of nitrogens with one attached hydrogen (secondary N) is 1. The van der Waals surface area contributed by atoms with Gasteiger partial charge in [-0.3, -0.25) is 14.3 Å². The Balaban J connectivity index is 1.34. The Morgan fingerprint density at radius 3 is 2.82 bits per heavy atom. The Labute approximate surface area is 167 Å². The van der Waals surface area contributed by atoms with Crippen molar-refractivity contribution in [3.05, 3.63) is 53.6 Å². The van der Waals surface area contributed by atoms with Gasteiger partial charge in [-0.05, 0) is 31.0 Å². The Morgan fingerprint density at radius 2 is 2.11 bits per heavy atom. The van der Waals surface area contributed by atoms with Crippen molar-refractivity contribution in [1.29, 1.82) is 0 Å². The van der Waals surface area contributed by atoms with Crippen LogP contribution < -0.4 is 5.32 Å². The van der Waals surface area contributed by atoms with Crippen molar-refractivity contribution < 1.29 is 9.59 Å². The lowest BCUT2D eigenvalue weighted by Crippen LogP contribution is -2.45. The Morgan fingerprint density at radius 1 is 1.25 bits per heavy atom. The van der Waals surface area contributed by atoms with Gasteiger partial charge in [0, 0.05) is 42.1 Å². The van der Waals surface area contributed by atoms with Crippen LogP contribution in [0.2, 0.25) is 0 Å². The number of rotatable bonds is 5. The zero-order valence-electron chi connectivity index (χ0n) is 15.3. The minimum Gasteiger partial charge on any atom is -0.340 e. The number of amides is 2. The summed E-state index contributed by atoms with van der Waals surface area (Å²) in [7, 11) is 0. The molecule has 0 aliphatic carbocycles. The molecule has 2 amide bonds. The van der Waals surface area contributed by atoms with Crippen LogP contribution in [0.4, 0.5) is 5.69 Å². The second-order valence-corrected chi connectivity index (χ2v) is 7.54. The monoisotopic (exact) mass is 395 g/mol. The maximum absolute atomic E-state index is 12.7. The summed E-state index contributed by atoms with van der Waals surface area (Å²) in [6.45, 7) is 1.34. The van der Waals surface area contributed by atoms with Crippen molar-refractivity contribution in [1.82, 2.24) is 19.7 Å². The summed E-state index contributed by atoms with van der Waals surface area (Å²) >= 11 is 1.55. The summed E-state index contributed by atoms with van der Waals surface area (Å²) in [5.74, 6) is -0.250. The number of piperidine rings is 1. The van der Waals surface area contributed by atoms with Crippen LogP contribution in [0.1, 0.15) is 12.8 Å². The van der Waals surface area contributed by atoms with Gasteiger partial charge in [0.2, 0.25) is 11.8 Å². The quantitative estimate of drug-likeness (QED) is 0.720. The molecule has 7 nitrogen and oxygen atoms in total. The first-order valence-corrected chi connectivity index (χ1v) is 10.2. The molecule has 1 aromatic carbocycles. The number of benzene rings is 1. The summed E-state index contributed by atoms with van der Waals surface area (Å²) in [6, 6.07) is 9.46. The second-order valence-electron chi connectivity index (χ2n) is 6.82. The number of likely N-dealkylation sites (tertiary alicyclic amines) is 1. The van der Waals surface area contributed by atoms with Gasteiger partial charge in [0.15, 0.2) is 0 Å². The molecule has 1 aliphatic rings. The van der Waals surface area contributed by atoms with Crippen LogP contribution >= 0.6 is 11.3 Å². The van der Waals surface area contributed by atoms with E-state index >= 15 is 0 Å². The normalized spacial score (nSPS) is 16.7. The minimum absolute atomic E-state index is 0.00573. The largest absolute Gasteiger partial charge is 0.340 e. The summed E-state index contributed by atoms with van der Waals surface area (Å²) in [4.78, 5) is 31.2. The third kappa shape index (κ3) is 4.28. The van der Waals surface area contributed by atoms with E-state index in [0.717, 1.165) is 29.8 Å². The van der Waals surface area contributed by atoms with Gasteiger partial charge in [0.1, 0.15) is 6.54 Å². The molecule has 2 aromatic heterocycles. The molecule has 144 valence electrons. The average Bonchev–Trinajstić information content (AvgIpc) is 3.43. The smallest absolute Gasteiger partial charge is 0.244 e. The van der Waals surface area contributed by atoms with Gasteiger partial charge in [-0.1, -0.05) is 12.1 Å². The molecule has 1 saturated heterocycles. The maximum Gasteiger partial charge on any atom is 0.244 e. The van der Waals surface area contributed by atoms with E-state index in [-0.39, 0.29) is 24.3 Å². The Hall–Kier alpha value is -3.00. The van der Waals surface area contributed by atoms with Gasteiger partial charge in [0.05, 0.1) is 17.1 Å². The molecule has 1 atom stereocenters. The van der Waals surface area contributed by atoms with Crippen LogP contribution in [-0.4, -0.2) is 44.6 Å². The van der Waals surface area contributed by atoms with Gasteiger partial charge in [-0.2, -0.15) is 5.10 Å². The molecule has 1 unspecified atom stereocenters. The first kappa shape index (κ1) is 18.4. The third-order valence-electron chi connectivity index (χ3n) is 4.88. The van der Waals surface area contributed by atoms with Crippen molar-refractivity contribution in [3.8, 4) is 11.3 Å². The predicted molar refractivity (Wildman–Crippen MR) is 108 cm³/mol. The average molecular weight is 395 g/mol. The summed E-state index contributed by atoms with van der Waals surface area (Å²) < 4.78 is 1.61. The molecule has 1 aliphatic heterocycles. The topological polar surface area (TPSA) is 80.1 Å². The number of nitrogens with zero attached hydrogens (tertiary/aromatic N) is 4. The fourth-order valence-electron chi connectivity index (χ4n) is 3.37. The molecule has 1 N–H and O–H groups in total. The molecule has 4 rings (SSSR count). The lowest BCUT2D eigenvalue weighted by Gasteiger charge is -2.32. The summed E-state index contributed by atoms with van der Waals surface area (Å²) in [5, 5.41) is 9.04. The predicted octanol–water partition coefficient (Wildman–Crippen LogP) is 2.88. The zero-order valence-corrected chi connectivity index (χ0v) is 16.1. The highest BCUT2D eigenvalue weighted by atomic mass is 32.1. The van der Waals surface area contributed by atoms with E-state index in [1.807, 2.05) is 29.6 Å². The van der Waals surface area contributed by atoms with Crippen molar-refractivity contribution in [2.75, 3.05) is 18.4 Å². The van der Waals surface area contributed by atoms with E-state index in [0.29, 0.717) is 13.1 Å². The molecule has 28 heavy (non-hydrogen) atoms. The van der Waals surface area contributed by atoms with E-state index in [9.17, 15) is 9.59 Å². The molecule has 0 bridgehead atoms. The lowest BCUT2D eigenvalue weighted by atomic mass is 9.97. The van der Waals surface area contributed by atoms with E-state index in [1.54, 1.807) is 44.9 Å². The van der Waals surface area contributed by atoms with Crippen LogP contribution in [-0.2, 0) is 16.1 Å². The summed E-state index contributed by atoms with van der Waals surface area (Å²) in [5.41, 5.74) is 4.51. The second kappa shape index (κ2) is 8.35. The first-order valence-electron chi connectivity index (χ1n) is 9.24. The highest BCUT2D eigenvalue weighted by molar-refractivity contribution is 7.07. The van der Waals surface area contributed by atoms with E-state index in [1.165, 1.54) is 0 Å². The fraction of sp³-hybridized carbons (Fsp3) is 0.300. The summed E-state index contributed by atoms with van der Waals surface area (Å²) in [6.07, 6.45) is 5.03. The van der Waals surface area contributed by atoms with Crippen molar-refractivity contribution in [2.24, 2.45) is 5.92 Å². The molecule has 1 fully saturated rings. The number of thiazole rings is 1. The maximum atomic E-state index is 12.7. The number of aromatic nitrogens is 3. The molecule has 0 spiro atoms. The van der Waals surface area contributed by atoms with Crippen LogP contribution in [0.25, 0.3) is 11.3 Å². The molecular weight excluding hydrogens is 374 g/mol. The molecule has 0 radical (unpaired) electrons. The molecular formula is C20H21N5O2S. The van der Waals surface area contributed by atoms with Gasteiger partial charge in [0.25, 0.3) is 0 Å². The highest BCUT2D eigenvalue weighted by Crippen LogP contribution is 2.23. The third-order valence-corrected chi connectivity index (χ3v) is 5.47. The van der Waals surface area contributed by atoms with Gasteiger partial charge in [-0.15, -0.1) is 11.3 Å². The number of carbonyl (C=O) groups is 2. The SMILES string of the molecule is O=C(Nc1ccc(-c2cscn2)cc1)C1CCCN(C(=O)Cn2cccn2)C1.